The van der Waals surface area contributed by atoms with Gasteiger partial charge in [-0.25, -0.2) is 0 Å². The minimum absolute atomic E-state index is 0.474. The van der Waals surface area contributed by atoms with Crippen LogP contribution in [0.3, 0.4) is 0 Å². The van der Waals surface area contributed by atoms with Crippen LogP contribution >= 0.6 is 27.5 Å². The molecule has 1 atom stereocenters. The van der Waals surface area contributed by atoms with Crippen molar-refractivity contribution in [2.75, 3.05) is 6.54 Å². The van der Waals surface area contributed by atoms with Crippen LogP contribution in [-0.4, -0.2) is 18.6 Å². The van der Waals surface area contributed by atoms with E-state index in [1.54, 1.807) is 0 Å². The topological polar surface area (TPSA) is 24.1 Å². The standard InChI is InChI=1S/C13H18BrClN2/c1-9(7-17-12-3-4-12)16-8-10-6-11(15)2-5-13(10)14/h2,5-6,9,12,16-17H,3-4,7-8H2,1H3. The Bertz CT molecular complexity index is 380. The van der Waals surface area contributed by atoms with Gasteiger partial charge in [0.1, 0.15) is 0 Å². The molecule has 0 amide bonds. The highest BCUT2D eigenvalue weighted by atomic mass is 79.9. The van der Waals surface area contributed by atoms with Crippen LogP contribution in [0.5, 0.6) is 0 Å². The second-order valence-electron chi connectivity index (χ2n) is 4.70. The maximum Gasteiger partial charge on any atom is 0.0410 e. The fourth-order valence-corrected chi connectivity index (χ4v) is 2.25. The van der Waals surface area contributed by atoms with Gasteiger partial charge in [0, 0.05) is 34.7 Å². The maximum atomic E-state index is 5.98. The van der Waals surface area contributed by atoms with Gasteiger partial charge in [-0.05, 0) is 43.5 Å². The highest BCUT2D eigenvalue weighted by Crippen LogP contribution is 2.21. The molecule has 1 saturated carbocycles. The van der Waals surface area contributed by atoms with Crippen LogP contribution in [0, 0.1) is 0 Å². The summed E-state index contributed by atoms with van der Waals surface area (Å²) in [7, 11) is 0. The molecule has 1 aromatic carbocycles. The van der Waals surface area contributed by atoms with E-state index in [4.69, 9.17) is 11.6 Å². The van der Waals surface area contributed by atoms with Crippen LogP contribution in [-0.2, 0) is 6.54 Å². The summed E-state index contributed by atoms with van der Waals surface area (Å²) in [6, 6.07) is 7.14. The Labute approximate surface area is 116 Å². The molecule has 1 fully saturated rings. The fourth-order valence-electron chi connectivity index (χ4n) is 1.67. The average molecular weight is 318 g/mol. The first kappa shape index (κ1) is 13.3. The first-order valence-electron chi connectivity index (χ1n) is 6.06. The van der Waals surface area contributed by atoms with Gasteiger partial charge in [-0.3, -0.25) is 0 Å². The molecule has 1 aliphatic carbocycles. The zero-order valence-electron chi connectivity index (χ0n) is 9.97. The Morgan fingerprint density at radius 2 is 2.24 bits per heavy atom. The van der Waals surface area contributed by atoms with E-state index in [0.717, 1.165) is 28.6 Å². The van der Waals surface area contributed by atoms with Gasteiger partial charge in [0.25, 0.3) is 0 Å². The summed E-state index contributed by atoms with van der Waals surface area (Å²) in [4.78, 5) is 0. The summed E-state index contributed by atoms with van der Waals surface area (Å²) in [6.45, 7) is 4.07. The Morgan fingerprint density at radius 1 is 1.47 bits per heavy atom. The van der Waals surface area contributed by atoms with Gasteiger partial charge >= 0.3 is 0 Å². The van der Waals surface area contributed by atoms with E-state index in [1.165, 1.54) is 18.4 Å². The van der Waals surface area contributed by atoms with Crippen molar-refractivity contribution in [3.63, 3.8) is 0 Å². The van der Waals surface area contributed by atoms with Gasteiger partial charge in [0.05, 0.1) is 0 Å². The SMILES string of the molecule is CC(CNC1CC1)NCc1cc(Cl)ccc1Br. The van der Waals surface area contributed by atoms with Gasteiger partial charge in [-0.1, -0.05) is 27.5 Å². The molecule has 0 aromatic heterocycles. The van der Waals surface area contributed by atoms with Crippen LogP contribution in [0.4, 0.5) is 0 Å². The maximum absolute atomic E-state index is 5.98. The second-order valence-corrected chi connectivity index (χ2v) is 5.99. The monoisotopic (exact) mass is 316 g/mol. The molecular weight excluding hydrogens is 300 g/mol. The average Bonchev–Trinajstić information content (AvgIpc) is 3.11. The highest BCUT2D eigenvalue weighted by molar-refractivity contribution is 9.10. The number of halogens is 2. The molecule has 1 unspecified atom stereocenters. The zero-order valence-corrected chi connectivity index (χ0v) is 12.3. The molecule has 0 heterocycles. The Balaban J connectivity index is 1.77. The summed E-state index contributed by atoms with van der Waals surface area (Å²) in [6.07, 6.45) is 2.68. The lowest BCUT2D eigenvalue weighted by Gasteiger charge is -2.15. The lowest BCUT2D eigenvalue weighted by molar-refractivity contribution is 0.499. The van der Waals surface area contributed by atoms with Crippen molar-refractivity contribution in [2.24, 2.45) is 0 Å². The van der Waals surface area contributed by atoms with E-state index in [0.29, 0.717) is 6.04 Å². The van der Waals surface area contributed by atoms with Crippen molar-refractivity contribution in [2.45, 2.75) is 38.4 Å². The molecule has 94 valence electrons. The van der Waals surface area contributed by atoms with E-state index in [1.807, 2.05) is 18.2 Å². The lowest BCUT2D eigenvalue weighted by atomic mass is 10.2. The predicted octanol–water partition coefficient (Wildman–Crippen LogP) is 3.33. The third kappa shape index (κ3) is 4.59. The number of rotatable bonds is 6. The van der Waals surface area contributed by atoms with Crippen molar-refractivity contribution in [1.82, 2.24) is 10.6 Å². The number of benzene rings is 1. The van der Waals surface area contributed by atoms with Gasteiger partial charge in [0.15, 0.2) is 0 Å². The van der Waals surface area contributed by atoms with Gasteiger partial charge in [-0.2, -0.15) is 0 Å². The van der Waals surface area contributed by atoms with Crippen LogP contribution in [0.25, 0.3) is 0 Å². The third-order valence-corrected chi connectivity index (χ3v) is 3.95. The van der Waals surface area contributed by atoms with Gasteiger partial charge < -0.3 is 10.6 Å². The van der Waals surface area contributed by atoms with E-state index >= 15 is 0 Å². The van der Waals surface area contributed by atoms with Crippen molar-refractivity contribution < 1.29 is 0 Å². The molecular formula is C13H18BrClN2. The minimum atomic E-state index is 0.474. The number of nitrogens with one attached hydrogen (secondary N) is 2. The van der Waals surface area contributed by atoms with E-state index in [9.17, 15) is 0 Å². The Morgan fingerprint density at radius 3 is 2.94 bits per heavy atom. The van der Waals surface area contributed by atoms with Gasteiger partial charge in [-0.15, -0.1) is 0 Å². The van der Waals surface area contributed by atoms with E-state index < -0.39 is 0 Å². The molecule has 17 heavy (non-hydrogen) atoms. The molecule has 2 nitrogen and oxygen atoms in total. The van der Waals surface area contributed by atoms with E-state index in [2.05, 4.69) is 33.5 Å². The minimum Gasteiger partial charge on any atom is -0.312 e. The summed E-state index contributed by atoms with van der Waals surface area (Å²) >= 11 is 9.52. The molecule has 0 aliphatic heterocycles. The van der Waals surface area contributed by atoms with Crippen LogP contribution in [0.2, 0.25) is 5.02 Å². The van der Waals surface area contributed by atoms with Crippen molar-refractivity contribution in [3.8, 4) is 0 Å². The quantitative estimate of drug-likeness (QED) is 0.841. The summed E-state index contributed by atoms with van der Waals surface area (Å²) in [5, 5.41) is 7.80. The third-order valence-electron chi connectivity index (χ3n) is 2.94. The molecule has 1 aromatic rings. The van der Waals surface area contributed by atoms with Crippen LogP contribution < -0.4 is 10.6 Å². The molecule has 0 saturated heterocycles. The molecule has 4 heteroatoms. The molecule has 0 bridgehead atoms. The Hall–Kier alpha value is -0.0900. The fraction of sp³-hybridized carbons (Fsp3) is 0.538. The van der Waals surface area contributed by atoms with Crippen LogP contribution in [0.15, 0.2) is 22.7 Å². The lowest BCUT2D eigenvalue weighted by Crippen LogP contribution is -2.36. The molecule has 2 N–H and O–H groups in total. The predicted molar refractivity (Wildman–Crippen MR) is 76.5 cm³/mol. The smallest absolute Gasteiger partial charge is 0.0410 e. The molecule has 2 rings (SSSR count). The van der Waals surface area contributed by atoms with Crippen molar-refractivity contribution >= 4 is 27.5 Å². The molecule has 0 spiro atoms. The summed E-state index contributed by atoms with van der Waals surface area (Å²) in [5.74, 6) is 0. The summed E-state index contributed by atoms with van der Waals surface area (Å²) in [5.41, 5.74) is 1.20. The molecule has 0 radical (unpaired) electrons. The largest absolute Gasteiger partial charge is 0.312 e. The van der Waals surface area contributed by atoms with Gasteiger partial charge in [0.2, 0.25) is 0 Å². The number of hydrogen-bond acceptors (Lipinski definition) is 2. The first-order valence-corrected chi connectivity index (χ1v) is 7.23. The summed E-state index contributed by atoms with van der Waals surface area (Å²) < 4.78 is 1.11. The number of hydrogen-bond donors (Lipinski definition) is 2. The molecule has 1 aliphatic rings. The van der Waals surface area contributed by atoms with E-state index in [-0.39, 0.29) is 0 Å². The van der Waals surface area contributed by atoms with Crippen molar-refractivity contribution in [3.05, 3.63) is 33.3 Å². The second kappa shape index (κ2) is 6.19. The zero-order chi connectivity index (χ0) is 12.3. The normalized spacial score (nSPS) is 17.1. The van der Waals surface area contributed by atoms with Crippen LogP contribution in [0.1, 0.15) is 25.3 Å². The Kier molecular flexibility index (Phi) is 4.86. The highest BCUT2D eigenvalue weighted by Gasteiger charge is 2.20. The first-order chi connectivity index (χ1) is 8.15. The van der Waals surface area contributed by atoms with Crippen molar-refractivity contribution in [1.29, 1.82) is 0 Å².